The Morgan fingerprint density at radius 2 is 1.58 bits per heavy atom. The maximum atomic E-state index is 3.47. The normalized spacial score (nSPS) is 20.8. The molecule has 0 aromatic carbocycles. The SMILES string of the molecule is BrCCCCN1CCCCCC1. The molecule has 1 heterocycles. The Labute approximate surface area is 84.6 Å². The molecule has 1 aliphatic heterocycles. The number of hydrogen-bond acceptors (Lipinski definition) is 1. The first-order chi connectivity index (χ1) is 5.93. The highest BCUT2D eigenvalue weighted by atomic mass is 79.9. The molecule has 1 nitrogen and oxygen atoms in total. The summed E-state index contributed by atoms with van der Waals surface area (Å²) in [5, 5.41) is 1.17. The number of nitrogens with zero attached hydrogens (tertiary/aromatic N) is 1. The average molecular weight is 234 g/mol. The van der Waals surface area contributed by atoms with Gasteiger partial charge in [-0.25, -0.2) is 0 Å². The molecule has 0 N–H and O–H groups in total. The summed E-state index contributed by atoms with van der Waals surface area (Å²) >= 11 is 3.47. The Kier molecular flexibility index (Phi) is 6.05. The lowest BCUT2D eigenvalue weighted by atomic mass is 10.2. The van der Waals surface area contributed by atoms with E-state index in [1.54, 1.807) is 0 Å². The molecule has 1 saturated heterocycles. The van der Waals surface area contributed by atoms with E-state index >= 15 is 0 Å². The van der Waals surface area contributed by atoms with Crippen LogP contribution in [-0.2, 0) is 0 Å². The van der Waals surface area contributed by atoms with Crippen LogP contribution in [-0.4, -0.2) is 29.9 Å². The van der Waals surface area contributed by atoms with Crippen LogP contribution in [0.4, 0.5) is 0 Å². The lowest BCUT2D eigenvalue weighted by molar-refractivity contribution is 0.281. The van der Waals surface area contributed by atoms with E-state index in [0.717, 1.165) is 0 Å². The van der Waals surface area contributed by atoms with Gasteiger partial charge in [0.25, 0.3) is 0 Å². The smallest absolute Gasteiger partial charge is 0.00317 e. The molecule has 0 atom stereocenters. The molecule has 0 aromatic heterocycles. The number of likely N-dealkylation sites (tertiary alicyclic amines) is 1. The van der Waals surface area contributed by atoms with E-state index in [4.69, 9.17) is 0 Å². The molecule has 0 unspecified atom stereocenters. The monoisotopic (exact) mass is 233 g/mol. The molecular weight excluding hydrogens is 214 g/mol. The highest BCUT2D eigenvalue weighted by Gasteiger charge is 2.07. The second-order valence-electron chi connectivity index (χ2n) is 3.65. The maximum absolute atomic E-state index is 3.47. The van der Waals surface area contributed by atoms with Crippen molar-refractivity contribution in [2.75, 3.05) is 25.0 Å². The Hall–Kier alpha value is 0.440. The number of unbranched alkanes of at least 4 members (excludes halogenated alkanes) is 1. The van der Waals surface area contributed by atoms with Crippen LogP contribution in [0.5, 0.6) is 0 Å². The fourth-order valence-electron chi connectivity index (χ4n) is 1.79. The molecule has 1 rings (SSSR count). The number of alkyl halides is 1. The second-order valence-corrected chi connectivity index (χ2v) is 4.44. The summed E-state index contributed by atoms with van der Waals surface area (Å²) in [6, 6.07) is 0. The summed E-state index contributed by atoms with van der Waals surface area (Å²) in [6.07, 6.45) is 8.45. The standard InChI is InChI=1S/C10H20BrN/c11-7-3-6-10-12-8-4-1-2-5-9-12/h1-10H2. The first kappa shape index (κ1) is 10.5. The minimum Gasteiger partial charge on any atom is -0.303 e. The molecule has 0 amide bonds. The van der Waals surface area contributed by atoms with Crippen molar-refractivity contribution in [2.24, 2.45) is 0 Å². The van der Waals surface area contributed by atoms with E-state index in [1.807, 2.05) is 0 Å². The zero-order chi connectivity index (χ0) is 8.65. The van der Waals surface area contributed by atoms with Crippen molar-refractivity contribution in [2.45, 2.75) is 38.5 Å². The average Bonchev–Trinajstić information content (AvgIpc) is 2.33. The predicted molar refractivity (Wildman–Crippen MR) is 57.9 cm³/mol. The second kappa shape index (κ2) is 6.90. The van der Waals surface area contributed by atoms with E-state index in [2.05, 4.69) is 20.8 Å². The maximum Gasteiger partial charge on any atom is 0.00317 e. The third-order valence-electron chi connectivity index (χ3n) is 2.56. The van der Waals surface area contributed by atoms with Crippen molar-refractivity contribution in [1.29, 1.82) is 0 Å². The van der Waals surface area contributed by atoms with E-state index < -0.39 is 0 Å². The van der Waals surface area contributed by atoms with Crippen LogP contribution >= 0.6 is 15.9 Å². The largest absolute Gasteiger partial charge is 0.303 e. The van der Waals surface area contributed by atoms with Gasteiger partial charge in [-0.05, 0) is 45.3 Å². The van der Waals surface area contributed by atoms with Gasteiger partial charge in [0, 0.05) is 5.33 Å². The van der Waals surface area contributed by atoms with Gasteiger partial charge in [0.15, 0.2) is 0 Å². The van der Waals surface area contributed by atoms with E-state index in [0.29, 0.717) is 0 Å². The van der Waals surface area contributed by atoms with Crippen molar-refractivity contribution < 1.29 is 0 Å². The molecule has 0 aromatic rings. The van der Waals surface area contributed by atoms with Crippen LogP contribution in [0.15, 0.2) is 0 Å². The minimum absolute atomic E-state index is 1.17. The van der Waals surface area contributed by atoms with Crippen molar-refractivity contribution in [3.8, 4) is 0 Å². The lowest BCUT2D eigenvalue weighted by Gasteiger charge is -2.18. The molecule has 0 aliphatic carbocycles. The van der Waals surface area contributed by atoms with Crippen molar-refractivity contribution >= 4 is 15.9 Å². The van der Waals surface area contributed by atoms with Gasteiger partial charge in [-0.2, -0.15) is 0 Å². The molecule has 0 saturated carbocycles. The van der Waals surface area contributed by atoms with Crippen LogP contribution in [0, 0.1) is 0 Å². The third-order valence-corrected chi connectivity index (χ3v) is 3.12. The molecule has 12 heavy (non-hydrogen) atoms. The van der Waals surface area contributed by atoms with Gasteiger partial charge >= 0.3 is 0 Å². The summed E-state index contributed by atoms with van der Waals surface area (Å²) in [5.41, 5.74) is 0. The predicted octanol–water partition coefficient (Wildman–Crippen LogP) is 3.04. The van der Waals surface area contributed by atoms with Crippen molar-refractivity contribution in [3.05, 3.63) is 0 Å². The molecule has 2 heteroatoms. The van der Waals surface area contributed by atoms with Gasteiger partial charge in [-0.15, -0.1) is 0 Å². The van der Waals surface area contributed by atoms with Crippen molar-refractivity contribution in [3.63, 3.8) is 0 Å². The third kappa shape index (κ3) is 4.46. The quantitative estimate of drug-likeness (QED) is 0.533. The fraction of sp³-hybridized carbons (Fsp3) is 1.00. The van der Waals surface area contributed by atoms with Crippen LogP contribution < -0.4 is 0 Å². The van der Waals surface area contributed by atoms with Gasteiger partial charge in [0.2, 0.25) is 0 Å². The summed E-state index contributed by atoms with van der Waals surface area (Å²) < 4.78 is 0. The molecule has 0 bridgehead atoms. The Morgan fingerprint density at radius 1 is 0.917 bits per heavy atom. The Morgan fingerprint density at radius 3 is 2.17 bits per heavy atom. The van der Waals surface area contributed by atoms with Gasteiger partial charge in [-0.1, -0.05) is 28.8 Å². The van der Waals surface area contributed by atoms with Crippen molar-refractivity contribution in [1.82, 2.24) is 4.90 Å². The van der Waals surface area contributed by atoms with Crippen LogP contribution in [0.2, 0.25) is 0 Å². The van der Waals surface area contributed by atoms with Crippen LogP contribution in [0.3, 0.4) is 0 Å². The lowest BCUT2D eigenvalue weighted by Crippen LogP contribution is -2.25. The van der Waals surface area contributed by atoms with Gasteiger partial charge in [0.1, 0.15) is 0 Å². The number of hydrogen-bond donors (Lipinski definition) is 0. The Balaban J connectivity index is 2.04. The van der Waals surface area contributed by atoms with Crippen LogP contribution in [0.25, 0.3) is 0 Å². The van der Waals surface area contributed by atoms with Gasteiger partial charge in [0.05, 0.1) is 0 Å². The molecule has 0 radical (unpaired) electrons. The van der Waals surface area contributed by atoms with E-state index in [1.165, 1.54) is 63.5 Å². The minimum atomic E-state index is 1.17. The highest BCUT2D eigenvalue weighted by Crippen LogP contribution is 2.10. The summed E-state index contributed by atoms with van der Waals surface area (Å²) in [7, 11) is 0. The zero-order valence-electron chi connectivity index (χ0n) is 7.90. The zero-order valence-corrected chi connectivity index (χ0v) is 9.48. The summed E-state index contributed by atoms with van der Waals surface area (Å²) in [5.74, 6) is 0. The molecule has 72 valence electrons. The molecule has 1 fully saturated rings. The van der Waals surface area contributed by atoms with Gasteiger partial charge in [-0.3, -0.25) is 0 Å². The molecule has 1 aliphatic rings. The van der Waals surface area contributed by atoms with Gasteiger partial charge < -0.3 is 4.90 Å². The van der Waals surface area contributed by atoms with Crippen LogP contribution in [0.1, 0.15) is 38.5 Å². The first-order valence-corrected chi connectivity index (χ1v) is 6.34. The first-order valence-electron chi connectivity index (χ1n) is 5.22. The van der Waals surface area contributed by atoms with E-state index in [9.17, 15) is 0 Å². The molecule has 0 spiro atoms. The number of halogens is 1. The topological polar surface area (TPSA) is 3.24 Å². The molecular formula is C10H20BrN. The number of rotatable bonds is 4. The fourth-order valence-corrected chi connectivity index (χ4v) is 2.19. The highest BCUT2D eigenvalue weighted by molar-refractivity contribution is 9.09. The summed E-state index contributed by atoms with van der Waals surface area (Å²) in [4.78, 5) is 2.63. The Bertz CT molecular complexity index is 98.0. The van der Waals surface area contributed by atoms with E-state index in [-0.39, 0.29) is 0 Å². The summed E-state index contributed by atoms with van der Waals surface area (Å²) in [6.45, 7) is 4.02.